The van der Waals surface area contributed by atoms with Gasteiger partial charge in [-0.1, -0.05) is 13.3 Å². The number of nitrogens with one attached hydrogen (secondary N) is 1. The molecular weight excluding hydrogens is 258 g/mol. The normalized spacial score (nSPS) is 18.1. The first-order chi connectivity index (χ1) is 9.72. The number of aliphatic hydroxyl groups excluding tert-OH is 2. The van der Waals surface area contributed by atoms with Crippen LogP contribution in [0.4, 0.5) is 0 Å². The van der Waals surface area contributed by atoms with E-state index in [4.69, 9.17) is 14.6 Å². The molecule has 0 radical (unpaired) electrons. The van der Waals surface area contributed by atoms with Gasteiger partial charge in [-0.2, -0.15) is 0 Å². The Morgan fingerprint density at radius 1 is 1.20 bits per heavy atom. The minimum absolute atomic E-state index is 0.255. The molecule has 1 unspecified atom stereocenters. The zero-order valence-corrected chi connectivity index (χ0v) is 12.8. The second-order valence-electron chi connectivity index (χ2n) is 5.80. The lowest BCUT2D eigenvalue weighted by molar-refractivity contribution is 0.00359. The highest BCUT2D eigenvalue weighted by Gasteiger charge is 2.41. The molecule has 0 spiro atoms. The molecular formula is C15H31NO4. The van der Waals surface area contributed by atoms with Crippen LogP contribution < -0.4 is 5.32 Å². The largest absolute Gasteiger partial charge is 0.396 e. The van der Waals surface area contributed by atoms with Crippen LogP contribution in [0, 0.1) is 5.41 Å². The molecule has 0 bridgehead atoms. The molecule has 20 heavy (non-hydrogen) atoms. The van der Waals surface area contributed by atoms with Gasteiger partial charge in [-0.25, -0.2) is 0 Å². The Morgan fingerprint density at radius 3 is 2.60 bits per heavy atom. The van der Waals surface area contributed by atoms with Crippen LogP contribution in [0.15, 0.2) is 0 Å². The first-order valence-electron chi connectivity index (χ1n) is 7.87. The highest BCUT2D eigenvalue weighted by atomic mass is 16.5. The van der Waals surface area contributed by atoms with Crippen LogP contribution in [0.3, 0.4) is 0 Å². The molecule has 1 rings (SSSR count). The molecule has 1 aliphatic rings. The molecule has 0 aromatic rings. The van der Waals surface area contributed by atoms with Crippen molar-refractivity contribution in [3.63, 3.8) is 0 Å². The molecule has 0 heterocycles. The molecule has 3 N–H and O–H groups in total. The Bertz CT molecular complexity index is 234. The summed E-state index contributed by atoms with van der Waals surface area (Å²) in [6.07, 6.45) is 4.98. The van der Waals surface area contributed by atoms with Crippen LogP contribution in [0.5, 0.6) is 0 Å². The van der Waals surface area contributed by atoms with E-state index in [9.17, 15) is 5.11 Å². The number of rotatable bonds is 14. The lowest BCUT2D eigenvalue weighted by atomic mass is 10.0. The predicted molar refractivity (Wildman–Crippen MR) is 78.8 cm³/mol. The van der Waals surface area contributed by atoms with E-state index in [-0.39, 0.29) is 6.61 Å². The Balaban J connectivity index is 1.87. The first-order valence-corrected chi connectivity index (χ1v) is 7.87. The molecule has 5 nitrogen and oxygen atoms in total. The van der Waals surface area contributed by atoms with E-state index < -0.39 is 6.10 Å². The average Bonchev–Trinajstić information content (AvgIpc) is 3.18. The summed E-state index contributed by atoms with van der Waals surface area (Å²) in [6, 6.07) is 0. The van der Waals surface area contributed by atoms with Crippen molar-refractivity contribution in [1.29, 1.82) is 0 Å². The van der Waals surface area contributed by atoms with Gasteiger partial charge in [0.1, 0.15) is 0 Å². The molecule has 0 saturated heterocycles. The first kappa shape index (κ1) is 17.9. The molecule has 1 aliphatic carbocycles. The molecule has 1 fully saturated rings. The van der Waals surface area contributed by atoms with Crippen LogP contribution in [-0.4, -0.2) is 62.4 Å². The zero-order valence-electron chi connectivity index (χ0n) is 12.8. The Morgan fingerprint density at radius 2 is 1.95 bits per heavy atom. The van der Waals surface area contributed by atoms with E-state index in [1.165, 1.54) is 12.8 Å². The lowest BCUT2D eigenvalue weighted by Gasteiger charge is -2.17. The van der Waals surface area contributed by atoms with Crippen molar-refractivity contribution in [2.24, 2.45) is 5.41 Å². The van der Waals surface area contributed by atoms with Crippen molar-refractivity contribution in [3.8, 4) is 0 Å². The van der Waals surface area contributed by atoms with Crippen molar-refractivity contribution in [3.05, 3.63) is 0 Å². The minimum atomic E-state index is -0.476. The van der Waals surface area contributed by atoms with Gasteiger partial charge in [0.05, 0.1) is 25.9 Å². The van der Waals surface area contributed by atoms with Gasteiger partial charge in [0.15, 0.2) is 0 Å². The maximum atomic E-state index is 9.76. The van der Waals surface area contributed by atoms with E-state index in [1.807, 2.05) is 0 Å². The van der Waals surface area contributed by atoms with Gasteiger partial charge >= 0.3 is 0 Å². The van der Waals surface area contributed by atoms with E-state index in [1.54, 1.807) is 0 Å². The summed E-state index contributed by atoms with van der Waals surface area (Å²) in [5, 5.41) is 22.0. The Kier molecular flexibility index (Phi) is 9.39. The molecule has 0 aromatic heterocycles. The van der Waals surface area contributed by atoms with Crippen molar-refractivity contribution < 1.29 is 19.7 Å². The van der Waals surface area contributed by atoms with Crippen LogP contribution in [0.25, 0.3) is 0 Å². The van der Waals surface area contributed by atoms with Gasteiger partial charge in [0.2, 0.25) is 0 Å². The Hall–Kier alpha value is -0.200. The standard InChI is InChI=1S/C15H31NO4/c1-2-3-8-19-9-10-20-12-14(18)11-16-13-15(4-5-15)6-7-17/h14,16-18H,2-13H2,1H3. The summed E-state index contributed by atoms with van der Waals surface area (Å²) < 4.78 is 10.7. The highest BCUT2D eigenvalue weighted by Crippen LogP contribution is 2.47. The lowest BCUT2D eigenvalue weighted by Crippen LogP contribution is -2.34. The van der Waals surface area contributed by atoms with Crippen molar-refractivity contribution in [1.82, 2.24) is 5.32 Å². The molecule has 1 saturated carbocycles. The Labute approximate surface area is 122 Å². The fourth-order valence-corrected chi connectivity index (χ4v) is 2.18. The number of hydrogen-bond donors (Lipinski definition) is 3. The third-order valence-corrected chi connectivity index (χ3v) is 3.80. The van der Waals surface area contributed by atoms with Gasteiger partial charge in [-0.05, 0) is 31.1 Å². The molecule has 0 aromatic carbocycles. The summed E-state index contributed by atoms with van der Waals surface area (Å²) in [4.78, 5) is 0. The quantitative estimate of drug-likeness (QED) is 0.415. The molecule has 5 heteroatoms. The maximum absolute atomic E-state index is 9.76. The average molecular weight is 289 g/mol. The third-order valence-electron chi connectivity index (χ3n) is 3.80. The fourth-order valence-electron chi connectivity index (χ4n) is 2.18. The minimum Gasteiger partial charge on any atom is -0.396 e. The second kappa shape index (κ2) is 10.5. The van der Waals surface area contributed by atoms with Gasteiger partial charge in [-0.15, -0.1) is 0 Å². The van der Waals surface area contributed by atoms with E-state index in [2.05, 4.69) is 12.2 Å². The smallest absolute Gasteiger partial charge is 0.0897 e. The molecule has 1 atom stereocenters. The summed E-state index contributed by atoms with van der Waals surface area (Å²) >= 11 is 0. The van der Waals surface area contributed by atoms with E-state index in [0.29, 0.717) is 31.8 Å². The van der Waals surface area contributed by atoms with E-state index >= 15 is 0 Å². The molecule has 0 aliphatic heterocycles. The topological polar surface area (TPSA) is 71.0 Å². The summed E-state index contributed by atoms with van der Waals surface area (Å²) in [5.74, 6) is 0. The molecule has 120 valence electrons. The maximum Gasteiger partial charge on any atom is 0.0897 e. The number of aliphatic hydroxyl groups is 2. The van der Waals surface area contributed by atoms with Crippen LogP contribution in [-0.2, 0) is 9.47 Å². The monoisotopic (exact) mass is 289 g/mol. The number of hydrogen-bond acceptors (Lipinski definition) is 5. The summed E-state index contributed by atoms with van der Waals surface area (Å²) in [6.45, 7) is 6.08. The van der Waals surface area contributed by atoms with E-state index in [0.717, 1.165) is 32.4 Å². The summed E-state index contributed by atoms with van der Waals surface area (Å²) in [5.41, 5.74) is 0.294. The SMILES string of the molecule is CCCCOCCOCC(O)CNCC1(CCO)CC1. The number of ether oxygens (including phenoxy) is 2. The fraction of sp³-hybridized carbons (Fsp3) is 1.00. The van der Waals surface area contributed by atoms with Crippen molar-refractivity contribution in [2.75, 3.05) is 46.1 Å². The summed E-state index contributed by atoms with van der Waals surface area (Å²) in [7, 11) is 0. The van der Waals surface area contributed by atoms with Crippen molar-refractivity contribution in [2.45, 2.75) is 45.1 Å². The van der Waals surface area contributed by atoms with Crippen molar-refractivity contribution >= 4 is 0 Å². The zero-order chi connectivity index (χ0) is 14.7. The number of unbranched alkanes of at least 4 members (excludes halogenated alkanes) is 1. The predicted octanol–water partition coefficient (Wildman–Crippen LogP) is 0.933. The highest BCUT2D eigenvalue weighted by molar-refractivity contribution is 4.94. The van der Waals surface area contributed by atoms with Crippen LogP contribution in [0.1, 0.15) is 39.0 Å². The van der Waals surface area contributed by atoms with Gasteiger partial charge < -0.3 is 25.0 Å². The van der Waals surface area contributed by atoms with Crippen LogP contribution >= 0.6 is 0 Å². The second-order valence-corrected chi connectivity index (χ2v) is 5.80. The van der Waals surface area contributed by atoms with Crippen LogP contribution in [0.2, 0.25) is 0 Å². The third kappa shape index (κ3) is 8.17. The molecule has 0 amide bonds. The van der Waals surface area contributed by atoms with Gasteiger partial charge in [0.25, 0.3) is 0 Å². The van der Waals surface area contributed by atoms with Gasteiger partial charge in [0, 0.05) is 26.3 Å². The van der Waals surface area contributed by atoms with Gasteiger partial charge in [-0.3, -0.25) is 0 Å².